The van der Waals surface area contributed by atoms with E-state index in [4.69, 9.17) is 10.5 Å². The third-order valence-corrected chi connectivity index (χ3v) is 3.39. The van der Waals surface area contributed by atoms with Gasteiger partial charge in [-0.2, -0.15) is 0 Å². The van der Waals surface area contributed by atoms with E-state index >= 15 is 0 Å². The number of carbonyl (C=O) groups is 1. The highest BCUT2D eigenvalue weighted by atomic mass is 19.1. The molecule has 0 saturated carbocycles. The molecule has 1 aliphatic rings. The van der Waals surface area contributed by atoms with Gasteiger partial charge < -0.3 is 15.4 Å². The van der Waals surface area contributed by atoms with Crippen LogP contribution in [0.5, 0.6) is 0 Å². The van der Waals surface area contributed by atoms with E-state index in [2.05, 4.69) is 0 Å². The number of morpholine rings is 1. The van der Waals surface area contributed by atoms with Crippen LogP contribution in [0.4, 0.5) is 4.39 Å². The van der Waals surface area contributed by atoms with E-state index in [0.29, 0.717) is 19.6 Å². The average Bonchev–Trinajstić information content (AvgIpc) is 2.36. The van der Waals surface area contributed by atoms with Crippen molar-refractivity contribution in [3.63, 3.8) is 0 Å². The molecule has 0 aromatic heterocycles. The zero-order valence-corrected chi connectivity index (χ0v) is 12.1. The largest absolute Gasteiger partial charge is 0.367 e. The molecule has 0 spiro atoms. The van der Waals surface area contributed by atoms with E-state index in [1.54, 1.807) is 17.9 Å². The Morgan fingerprint density at radius 2 is 2.25 bits per heavy atom. The maximum Gasteiger partial charge on any atom is 0.257 e. The zero-order valence-electron chi connectivity index (χ0n) is 12.1. The lowest BCUT2D eigenvalue weighted by atomic mass is 10.0. The number of hydrogen-bond donors (Lipinski definition) is 1. The molecule has 4 nitrogen and oxygen atoms in total. The quantitative estimate of drug-likeness (QED) is 0.897. The van der Waals surface area contributed by atoms with Crippen LogP contribution < -0.4 is 5.73 Å². The lowest BCUT2D eigenvalue weighted by molar-refractivity contribution is -0.122. The summed E-state index contributed by atoms with van der Waals surface area (Å²) in [7, 11) is 0. The molecule has 0 bridgehead atoms. The van der Waals surface area contributed by atoms with Crippen LogP contribution in [-0.4, -0.2) is 42.1 Å². The van der Waals surface area contributed by atoms with E-state index < -0.39 is 11.4 Å². The minimum absolute atomic E-state index is 0.101. The number of ether oxygens (including phenoxy) is 1. The van der Waals surface area contributed by atoms with Gasteiger partial charge in [-0.1, -0.05) is 6.07 Å². The predicted octanol–water partition coefficient (Wildman–Crippen LogP) is 1.71. The summed E-state index contributed by atoms with van der Waals surface area (Å²) in [6.45, 7) is 6.76. The molecule has 1 aliphatic heterocycles. The molecule has 1 aromatic rings. The van der Waals surface area contributed by atoms with Gasteiger partial charge in [-0.05, 0) is 38.5 Å². The van der Waals surface area contributed by atoms with Gasteiger partial charge in [-0.15, -0.1) is 0 Å². The summed E-state index contributed by atoms with van der Waals surface area (Å²) in [5.41, 5.74) is 6.06. The molecule has 1 fully saturated rings. The van der Waals surface area contributed by atoms with Crippen LogP contribution in [0.15, 0.2) is 18.2 Å². The molecule has 1 heterocycles. The van der Waals surface area contributed by atoms with Crippen molar-refractivity contribution < 1.29 is 13.9 Å². The number of nitrogens with two attached hydrogens (primary N) is 1. The van der Waals surface area contributed by atoms with E-state index in [-0.39, 0.29) is 17.6 Å². The number of benzene rings is 1. The molecule has 0 radical (unpaired) electrons. The monoisotopic (exact) mass is 280 g/mol. The number of halogens is 1. The Balaban J connectivity index is 2.23. The van der Waals surface area contributed by atoms with Crippen LogP contribution in [0.25, 0.3) is 0 Å². The van der Waals surface area contributed by atoms with Crippen LogP contribution in [-0.2, 0) is 4.74 Å². The number of carbonyl (C=O) groups excluding carboxylic acids is 1. The standard InChI is InChI=1S/C15H21FN2O2/c1-10-4-5-12(13(16)6-10)14(19)18-8-11(7-17)20-15(2,3)9-18/h4-6,11H,7-9,17H2,1-3H3. The minimum atomic E-state index is -0.483. The second-order valence-corrected chi connectivity index (χ2v) is 5.90. The van der Waals surface area contributed by atoms with Gasteiger partial charge in [0.25, 0.3) is 5.91 Å². The summed E-state index contributed by atoms with van der Waals surface area (Å²) >= 11 is 0. The third-order valence-electron chi connectivity index (χ3n) is 3.39. The maximum absolute atomic E-state index is 13.9. The van der Waals surface area contributed by atoms with E-state index in [9.17, 15) is 9.18 Å². The Hall–Kier alpha value is -1.46. The number of rotatable bonds is 2. The van der Waals surface area contributed by atoms with Gasteiger partial charge in [-0.3, -0.25) is 4.79 Å². The molecule has 20 heavy (non-hydrogen) atoms. The second-order valence-electron chi connectivity index (χ2n) is 5.90. The molecule has 1 amide bonds. The first-order valence-electron chi connectivity index (χ1n) is 6.76. The van der Waals surface area contributed by atoms with Crippen molar-refractivity contribution in [2.24, 2.45) is 5.73 Å². The molecule has 0 aliphatic carbocycles. The average molecular weight is 280 g/mol. The fourth-order valence-electron chi connectivity index (χ4n) is 2.54. The summed E-state index contributed by atoms with van der Waals surface area (Å²) < 4.78 is 19.7. The van der Waals surface area contributed by atoms with Gasteiger partial charge in [-0.25, -0.2) is 4.39 Å². The van der Waals surface area contributed by atoms with Gasteiger partial charge >= 0.3 is 0 Å². The lowest BCUT2D eigenvalue weighted by Gasteiger charge is -2.42. The zero-order chi connectivity index (χ0) is 14.9. The van der Waals surface area contributed by atoms with Gasteiger partial charge in [0.1, 0.15) is 5.82 Å². The molecule has 1 atom stereocenters. The number of amides is 1. The molecule has 5 heteroatoms. The van der Waals surface area contributed by atoms with Crippen molar-refractivity contribution >= 4 is 5.91 Å². The number of aryl methyl sites for hydroxylation is 1. The van der Waals surface area contributed by atoms with Crippen molar-refractivity contribution in [2.45, 2.75) is 32.5 Å². The first-order chi connectivity index (χ1) is 9.32. The Morgan fingerprint density at radius 3 is 2.85 bits per heavy atom. The van der Waals surface area contributed by atoms with Crippen molar-refractivity contribution in [2.75, 3.05) is 19.6 Å². The third kappa shape index (κ3) is 3.16. The van der Waals surface area contributed by atoms with Gasteiger partial charge in [0, 0.05) is 19.6 Å². The molecule has 1 aromatic carbocycles. The first kappa shape index (κ1) is 14.9. The second kappa shape index (κ2) is 5.50. The summed E-state index contributed by atoms with van der Waals surface area (Å²) in [5.74, 6) is -0.791. The fraction of sp³-hybridized carbons (Fsp3) is 0.533. The first-order valence-corrected chi connectivity index (χ1v) is 6.76. The van der Waals surface area contributed by atoms with Gasteiger partial charge in [0.2, 0.25) is 0 Å². The van der Waals surface area contributed by atoms with Crippen molar-refractivity contribution in [3.8, 4) is 0 Å². The molecular formula is C15H21FN2O2. The highest BCUT2D eigenvalue weighted by Gasteiger charge is 2.35. The predicted molar refractivity (Wildman–Crippen MR) is 75.0 cm³/mol. The molecule has 1 saturated heterocycles. The SMILES string of the molecule is Cc1ccc(C(=O)N2CC(CN)OC(C)(C)C2)c(F)c1. The summed E-state index contributed by atoms with van der Waals surface area (Å²) in [5, 5.41) is 0. The normalized spacial score (nSPS) is 21.9. The van der Waals surface area contributed by atoms with Crippen molar-refractivity contribution in [1.29, 1.82) is 0 Å². The van der Waals surface area contributed by atoms with Crippen LogP contribution in [0.2, 0.25) is 0 Å². The molecule has 1 unspecified atom stereocenters. The van der Waals surface area contributed by atoms with Crippen LogP contribution in [0.1, 0.15) is 29.8 Å². The Morgan fingerprint density at radius 1 is 1.55 bits per heavy atom. The number of nitrogens with zero attached hydrogens (tertiary/aromatic N) is 1. The topological polar surface area (TPSA) is 55.6 Å². The van der Waals surface area contributed by atoms with Crippen molar-refractivity contribution in [1.82, 2.24) is 4.90 Å². The van der Waals surface area contributed by atoms with Crippen molar-refractivity contribution in [3.05, 3.63) is 35.1 Å². The Bertz CT molecular complexity index is 517. The minimum Gasteiger partial charge on any atom is -0.367 e. The summed E-state index contributed by atoms with van der Waals surface area (Å²) in [6, 6.07) is 4.65. The van der Waals surface area contributed by atoms with Crippen LogP contribution >= 0.6 is 0 Å². The van der Waals surface area contributed by atoms with Gasteiger partial charge in [0.15, 0.2) is 0 Å². The molecular weight excluding hydrogens is 259 g/mol. The van der Waals surface area contributed by atoms with Crippen LogP contribution in [0.3, 0.4) is 0 Å². The molecule has 2 rings (SSSR count). The molecule has 2 N–H and O–H groups in total. The van der Waals surface area contributed by atoms with Crippen LogP contribution in [0, 0.1) is 12.7 Å². The Kier molecular flexibility index (Phi) is 4.11. The summed E-state index contributed by atoms with van der Waals surface area (Å²) in [4.78, 5) is 14.1. The van der Waals surface area contributed by atoms with E-state index in [0.717, 1.165) is 5.56 Å². The Labute approximate surface area is 118 Å². The maximum atomic E-state index is 13.9. The lowest BCUT2D eigenvalue weighted by Crippen LogP contribution is -2.56. The van der Waals surface area contributed by atoms with E-state index in [1.807, 2.05) is 13.8 Å². The summed E-state index contributed by atoms with van der Waals surface area (Å²) in [6.07, 6.45) is -0.212. The fourth-order valence-corrected chi connectivity index (χ4v) is 2.54. The highest BCUT2D eigenvalue weighted by molar-refractivity contribution is 5.94. The number of hydrogen-bond acceptors (Lipinski definition) is 3. The van der Waals surface area contributed by atoms with E-state index in [1.165, 1.54) is 12.1 Å². The molecule has 110 valence electrons. The highest BCUT2D eigenvalue weighted by Crippen LogP contribution is 2.23. The smallest absolute Gasteiger partial charge is 0.257 e. The van der Waals surface area contributed by atoms with Gasteiger partial charge in [0.05, 0.1) is 17.3 Å².